The smallest absolute Gasteiger partial charge is 0.0541 e. The average molecular weight is 472 g/mol. The van der Waals surface area contributed by atoms with E-state index in [4.69, 9.17) is 11.6 Å². The van der Waals surface area contributed by atoms with Crippen molar-refractivity contribution in [1.82, 2.24) is 4.57 Å². The Hall–Kier alpha value is -3.03. The molecule has 1 aromatic heterocycles. The van der Waals surface area contributed by atoms with Gasteiger partial charge in [-0.05, 0) is 102 Å². The van der Waals surface area contributed by atoms with Crippen molar-refractivity contribution in [2.24, 2.45) is 23.7 Å². The van der Waals surface area contributed by atoms with Gasteiger partial charge in [-0.25, -0.2) is 0 Å². The Morgan fingerprint density at radius 2 is 1.49 bits per heavy atom. The molecule has 35 heavy (non-hydrogen) atoms. The van der Waals surface area contributed by atoms with Crippen LogP contribution in [0.4, 0.5) is 0 Å². The van der Waals surface area contributed by atoms with E-state index in [2.05, 4.69) is 89.5 Å². The van der Waals surface area contributed by atoms with Crippen molar-refractivity contribution in [2.45, 2.75) is 31.1 Å². The van der Waals surface area contributed by atoms with Crippen LogP contribution in [-0.2, 0) is 5.41 Å². The molecular formula is C33H26ClN. The summed E-state index contributed by atoms with van der Waals surface area (Å²) in [7, 11) is 0. The third kappa shape index (κ3) is 2.15. The molecule has 5 aliphatic carbocycles. The van der Waals surface area contributed by atoms with Gasteiger partial charge in [0.1, 0.15) is 0 Å². The van der Waals surface area contributed by atoms with Crippen molar-refractivity contribution in [1.29, 1.82) is 0 Å². The molecule has 0 N–H and O–H groups in total. The highest BCUT2D eigenvalue weighted by molar-refractivity contribution is 6.30. The second-order valence-corrected chi connectivity index (χ2v) is 11.9. The zero-order valence-corrected chi connectivity index (χ0v) is 20.3. The number of nitrogens with zero attached hydrogens (tertiary/aromatic N) is 1. The highest BCUT2D eigenvalue weighted by Gasteiger charge is 2.66. The van der Waals surface area contributed by atoms with Crippen molar-refractivity contribution in [3.8, 4) is 16.8 Å². The molecule has 5 unspecified atom stereocenters. The molecule has 0 radical (unpaired) electrons. The van der Waals surface area contributed by atoms with Crippen LogP contribution in [0, 0.1) is 23.7 Å². The SMILES string of the molecule is Clc1ccc2c(c1)C1(c3c-2cccc3-n2c3ccccc3c3ccccc32)C2CC3CC(C2)C1C3. The van der Waals surface area contributed by atoms with Crippen LogP contribution in [-0.4, -0.2) is 4.57 Å². The van der Waals surface area contributed by atoms with Gasteiger partial charge in [-0.2, -0.15) is 0 Å². The highest BCUT2D eigenvalue weighted by atomic mass is 35.5. The largest absolute Gasteiger partial charge is 0.309 e. The van der Waals surface area contributed by atoms with Crippen molar-refractivity contribution < 1.29 is 0 Å². The molecule has 1 nitrogen and oxygen atoms in total. The lowest BCUT2D eigenvalue weighted by atomic mass is 9.59. The van der Waals surface area contributed by atoms with Gasteiger partial charge in [0, 0.05) is 21.2 Å². The molecule has 170 valence electrons. The first kappa shape index (κ1) is 19.2. The van der Waals surface area contributed by atoms with Crippen LogP contribution in [0.15, 0.2) is 84.9 Å². The van der Waals surface area contributed by atoms with Crippen LogP contribution >= 0.6 is 11.6 Å². The first-order chi connectivity index (χ1) is 17.2. The third-order valence-corrected chi connectivity index (χ3v) is 10.5. The summed E-state index contributed by atoms with van der Waals surface area (Å²) >= 11 is 6.72. The molecule has 1 spiro atoms. The Morgan fingerprint density at radius 1 is 0.714 bits per heavy atom. The summed E-state index contributed by atoms with van der Waals surface area (Å²) < 4.78 is 2.57. The van der Waals surface area contributed by atoms with Gasteiger partial charge in [-0.1, -0.05) is 66.2 Å². The Morgan fingerprint density at radius 3 is 2.26 bits per heavy atom. The average Bonchev–Trinajstić information content (AvgIpc) is 3.54. The number of fused-ring (bicyclic) bond motifs is 6. The first-order valence-corrected chi connectivity index (χ1v) is 13.6. The number of para-hydroxylation sites is 2. The van der Waals surface area contributed by atoms with E-state index < -0.39 is 0 Å². The Bertz CT molecular complexity index is 1650. The van der Waals surface area contributed by atoms with Gasteiger partial charge in [-0.3, -0.25) is 0 Å². The van der Waals surface area contributed by atoms with Gasteiger partial charge in [0.05, 0.1) is 16.7 Å². The van der Waals surface area contributed by atoms with E-state index in [9.17, 15) is 0 Å². The molecule has 5 aromatic rings. The number of rotatable bonds is 1. The first-order valence-electron chi connectivity index (χ1n) is 13.2. The molecule has 0 aliphatic heterocycles. The topological polar surface area (TPSA) is 4.93 Å². The number of benzene rings is 4. The molecule has 2 heteroatoms. The Labute approximate surface area is 210 Å². The van der Waals surface area contributed by atoms with E-state index >= 15 is 0 Å². The van der Waals surface area contributed by atoms with E-state index in [0.29, 0.717) is 0 Å². The molecule has 4 aromatic carbocycles. The summed E-state index contributed by atoms with van der Waals surface area (Å²) in [4.78, 5) is 0. The van der Waals surface area contributed by atoms with Gasteiger partial charge in [0.25, 0.3) is 0 Å². The minimum Gasteiger partial charge on any atom is -0.309 e. The predicted molar refractivity (Wildman–Crippen MR) is 144 cm³/mol. The van der Waals surface area contributed by atoms with Crippen LogP contribution < -0.4 is 0 Å². The monoisotopic (exact) mass is 471 g/mol. The Balaban J connectivity index is 1.45. The van der Waals surface area contributed by atoms with Crippen LogP contribution in [0.5, 0.6) is 0 Å². The van der Waals surface area contributed by atoms with Crippen LogP contribution in [0.2, 0.25) is 5.02 Å². The molecule has 4 fully saturated rings. The van der Waals surface area contributed by atoms with Crippen molar-refractivity contribution in [2.75, 3.05) is 0 Å². The lowest BCUT2D eigenvalue weighted by Gasteiger charge is -2.44. The van der Waals surface area contributed by atoms with Gasteiger partial charge in [-0.15, -0.1) is 0 Å². The molecule has 4 saturated carbocycles. The standard InChI is InChI=1S/C33H26ClN/c34-22-12-13-23-26-8-5-11-31(35-29-9-3-1-6-24(29)25-7-2-4-10-30(25)35)32(26)33(28(23)18-22)21-15-19-14-20(17-21)27(33)16-19/h1-13,18-21,27H,14-17H2. The van der Waals surface area contributed by atoms with E-state index in [1.807, 2.05) is 0 Å². The fourth-order valence-corrected chi connectivity index (χ4v) is 9.57. The summed E-state index contributed by atoms with van der Waals surface area (Å²) in [6, 6.07) is 31.7. The van der Waals surface area contributed by atoms with E-state index in [-0.39, 0.29) is 5.41 Å². The van der Waals surface area contributed by atoms with Crippen LogP contribution in [0.3, 0.4) is 0 Å². The van der Waals surface area contributed by atoms with Gasteiger partial charge < -0.3 is 4.57 Å². The lowest BCUT2D eigenvalue weighted by molar-refractivity contribution is 0.190. The minimum atomic E-state index is 0.0936. The Kier molecular flexibility index (Phi) is 3.51. The second-order valence-electron chi connectivity index (χ2n) is 11.5. The zero-order valence-electron chi connectivity index (χ0n) is 19.5. The molecule has 5 atom stereocenters. The van der Waals surface area contributed by atoms with Gasteiger partial charge in [0.2, 0.25) is 0 Å². The summed E-state index contributed by atoms with van der Waals surface area (Å²) in [5.41, 5.74) is 10.0. The molecular weight excluding hydrogens is 446 g/mol. The lowest BCUT2D eigenvalue weighted by Crippen LogP contribution is -2.41. The van der Waals surface area contributed by atoms with Crippen molar-refractivity contribution >= 4 is 33.4 Å². The van der Waals surface area contributed by atoms with E-state index in [0.717, 1.165) is 28.7 Å². The summed E-state index contributed by atoms with van der Waals surface area (Å²) in [5.74, 6) is 3.25. The number of halogens is 1. The zero-order chi connectivity index (χ0) is 22.9. The van der Waals surface area contributed by atoms with Crippen molar-refractivity contribution in [3.63, 3.8) is 0 Å². The summed E-state index contributed by atoms with van der Waals surface area (Å²) in [5, 5.41) is 3.55. The molecule has 5 aliphatic rings. The minimum absolute atomic E-state index is 0.0936. The van der Waals surface area contributed by atoms with E-state index in [1.54, 1.807) is 5.56 Å². The fourth-order valence-electron chi connectivity index (χ4n) is 9.39. The van der Waals surface area contributed by atoms with Crippen molar-refractivity contribution in [3.05, 3.63) is 101 Å². The maximum Gasteiger partial charge on any atom is 0.0541 e. The van der Waals surface area contributed by atoms with E-state index in [1.165, 1.54) is 69.9 Å². The number of hydrogen-bond donors (Lipinski definition) is 0. The number of hydrogen-bond acceptors (Lipinski definition) is 0. The number of aromatic nitrogens is 1. The molecule has 1 heterocycles. The normalized spacial score (nSPS) is 29.5. The highest BCUT2D eigenvalue weighted by Crippen LogP contribution is 2.73. The molecule has 0 saturated heterocycles. The predicted octanol–water partition coefficient (Wildman–Crippen LogP) is 8.77. The van der Waals surface area contributed by atoms with Crippen LogP contribution in [0.1, 0.15) is 36.8 Å². The summed E-state index contributed by atoms with van der Waals surface area (Å²) in [6.45, 7) is 0. The van der Waals surface area contributed by atoms with Crippen LogP contribution in [0.25, 0.3) is 38.6 Å². The quantitative estimate of drug-likeness (QED) is 0.230. The molecule has 0 amide bonds. The molecule has 4 bridgehead atoms. The van der Waals surface area contributed by atoms with Gasteiger partial charge in [0.15, 0.2) is 0 Å². The summed E-state index contributed by atoms with van der Waals surface area (Å²) in [6.07, 6.45) is 5.58. The second kappa shape index (κ2) is 6.39. The fraction of sp³-hybridized carbons (Fsp3) is 0.273. The maximum atomic E-state index is 6.72. The third-order valence-electron chi connectivity index (χ3n) is 10.2. The maximum absolute atomic E-state index is 6.72. The molecule has 10 rings (SSSR count). The van der Waals surface area contributed by atoms with Gasteiger partial charge >= 0.3 is 0 Å².